The van der Waals surface area contributed by atoms with Crippen molar-refractivity contribution in [2.24, 2.45) is 0 Å². The van der Waals surface area contributed by atoms with Gasteiger partial charge in [0.25, 0.3) is 0 Å². The Kier molecular flexibility index (Phi) is 3.51. The van der Waals surface area contributed by atoms with Crippen molar-refractivity contribution in [1.82, 2.24) is 9.55 Å². The van der Waals surface area contributed by atoms with Crippen molar-refractivity contribution in [3.05, 3.63) is 22.7 Å². The van der Waals surface area contributed by atoms with Gasteiger partial charge in [-0.1, -0.05) is 0 Å². The topological polar surface area (TPSA) is 148 Å². The van der Waals surface area contributed by atoms with Gasteiger partial charge in [0.2, 0.25) is 0 Å². The van der Waals surface area contributed by atoms with Gasteiger partial charge in [0.05, 0.1) is 6.10 Å². The summed E-state index contributed by atoms with van der Waals surface area (Å²) in [6, 6.07) is 1.32. The highest BCUT2D eigenvalue weighted by Crippen LogP contribution is 2.26. The number of carboxylic acids is 1. The lowest BCUT2D eigenvalue weighted by Crippen LogP contribution is -2.50. The second-order valence-corrected chi connectivity index (χ2v) is 4.20. The molecule has 0 unspecified atom stereocenters. The van der Waals surface area contributed by atoms with Gasteiger partial charge in [-0.15, -0.1) is 0 Å². The van der Waals surface area contributed by atoms with Crippen LogP contribution in [0.4, 0.5) is 5.82 Å². The number of rotatable bonds is 2. The van der Waals surface area contributed by atoms with Crippen LogP contribution in [0.1, 0.15) is 12.6 Å². The zero-order valence-electron chi connectivity index (χ0n) is 9.71. The SMILES string of the molecule is Nc1ccn([C@@H]2O[C@H](C(=O)O)[C@H](O)C[C@H]2O)c(=O)n1. The lowest BCUT2D eigenvalue weighted by molar-refractivity contribution is -0.210. The van der Waals surface area contributed by atoms with E-state index in [0.717, 1.165) is 4.57 Å². The highest BCUT2D eigenvalue weighted by atomic mass is 16.6. The van der Waals surface area contributed by atoms with Crippen LogP contribution >= 0.6 is 0 Å². The van der Waals surface area contributed by atoms with E-state index in [1.165, 1.54) is 12.3 Å². The summed E-state index contributed by atoms with van der Waals surface area (Å²) in [4.78, 5) is 26.0. The third-order valence-corrected chi connectivity index (χ3v) is 2.82. The first-order valence-corrected chi connectivity index (χ1v) is 5.49. The first-order chi connectivity index (χ1) is 8.90. The third kappa shape index (κ3) is 2.57. The van der Waals surface area contributed by atoms with Gasteiger partial charge < -0.3 is 25.8 Å². The van der Waals surface area contributed by atoms with Crippen LogP contribution in [0.15, 0.2) is 17.1 Å². The smallest absolute Gasteiger partial charge is 0.351 e. The number of aliphatic hydroxyl groups excluding tert-OH is 2. The van der Waals surface area contributed by atoms with Crippen molar-refractivity contribution < 1.29 is 24.9 Å². The number of aliphatic hydroxyl groups is 2. The summed E-state index contributed by atoms with van der Waals surface area (Å²) in [5.41, 5.74) is 4.55. The van der Waals surface area contributed by atoms with E-state index in [2.05, 4.69) is 4.98 Å². The quantitative estimate of drug-likeness (QED) is 0.479. The number of carboxylic acid groups (broad SMARTS) is 1. The van der Waals surface area contributed by atoms with E-state index in [4.69, 9.17) is 15.6 Å². The molecule has 1 aliphatic rings. The van der Waals surface area contributed by atoms with Gasteiger partial charge in [0.15, 0.2) is 12.3 Å². The maximum Gasteiger partial charge on any atom is 0.351 e. The van der Waals surface area contributed by atoms with Crippen molar-refractivity contribution >= 4 is 11.8 Å². The molecule has 0 radical (unpaired) electrons. The van der Waals surface area contributed by atoms with Gasteiger partial charge in [-0.25, -0.2) is 9.59 Å². The summed E-state index contributed by atoms with van der Waals surface area (Å²) in [5, 5.41) is 28.2. The molecule has 0 bridgehead atoms. The molecule has 19 heavy (non-hydrogen) atoms. The fraction of sp³-hybridized carbons (Fsp3) is 0.500. The standard InChI is InChI=1S/C10H13N3O6/c11-6-1-2-13(10(18)12-6)8-5(15)3-4(14)7(19-8)9(16)17/h1-2,4-5,7-8,14-15H,3H2,(H,16,17)(H2,11,12,18)/t4-,5-,7+,8-/m1/s1. The van der Waals surface area contributed by atoms with Crippen LogP contribution in [0.3, 0.4) is 0 Å². The predicted molar refractivity (Wildman–Crippen MR) is 61.1 cm³/mol. The Morgan fingerprint density at radius 2 is 2.16 bits per heavy atom. The molecule has 0 aromatic carbocycles. The van der Waals surface area contributed by atoms with E-state index in [0.29, 0.717) is 0 Å². The first kappa shape index (κ1) is 13.5. The van der Waals surface area contributed by atoms with Gasteiger partial charge in [-0.3, -0.25) is 4.57 Å². The molecule has 2 heterocycles. The Morgan fingerprint density at radius 3 is 2.74 bits per heavy atom. The summed E-state index contributed by atoms with van der Waals surface area (Å²) in [6.07, 6.45) is -4.30. The lowest BCUT2D eigenvalue weighted by Gasteiger charge is -2.35. The Bertz CT molecular complexity index is 544. The van der Waals surface area contributed by atoms with Crippen LogP contribution in [0, 0.1) is 0 Å². The van der Waals surface area contributed by atoms with Crippen LogP contribution in [-0.4, -0.2) is 49.2 Å². The summed E-state index contributed by atoms with van der Waals surface area (Å²) in [6.45, 7) is 0. The summed E-state index contributed by atoms with van der Waals surface area (Å²) >= 11 is 0. The second kappa shape index (κ2) is 4.96. The van der Waals surface area contributed by atoms with E-state index < -0.39 is 36.2 Å². The molecule has 1 aromatic heterocycles. The number of aliphatic carboxylic acids is 1. The Labute approximate surface area is 106 Å². The molecule has 104 valence electrons. The molecular weight excluding hydrogens is 258 g/mol. The Hall–Kier alpha value is -1.97. The molecule has 0 amide bonds. The molecule has 0 saturated carbocycles. The third-order valence-electron chi connectivity index (χ3n) is 2.82. The van der Waals surface area contributed by atoms with Crippen molar-refractivity contribution in [1.29, 1.82) is 0 Å². The maximum atomic E-state index is 11.6. The van der Waals surface area contributed by atoms with E-state index in [1.54, 1.807) is 0 Å². The fourth-order valence-electron chi connectivity index (χ4n) is 1.91. The summed E-state index contributed by atoms with van der Waals surface area (Å²) in [5.74, 6) is -1.37. The molecule has 4 atom stereocenters. The minimum absolute atomic E-state index is 0.00127. The number of ether oxygens (including phenoxy) is 1. The number of hydrogen-bond donors (Lipinski definition) is 4. The van der Waals surface area contributed by atoms with Gasteiger partial charge in [-0.05, 0) is 6.07 Å². The average molecular weight is 271 g/mol. The van der Waals surface area contributed by atoms with Crippen LogP contribution in [0.2, 0.25) is 0 Å². The summed E-state index contributed by atoms with van der Waals surface area (Å²) in [7, 11) is 0. The number of aromatic nitrogens is 2. The maximum absolute atomic E-state index is 11.6. The van der Waals surface area contributed by atoms with E-state index in [9.17, 15) is 19.8 Å². The highest BCUT2D eigenvalue weighted by Gasteiger charge is 2.41. The van der Waals surface area contributed by atoms with Crippen LogP contribution in [0.5, 0.6) is 0 Å². The van der Waals surface area contributed by atoms with Crippen LogP contribution in [0.25, 0.3) is 0 Å². The molecule has 0 spiro atoms. The first-order valence-electron chi connectivity index (χ1n) is 5.49. The molecule has 2 rings (SSSR count). The van der Waals surface area contributed by atoms with E-state index >= 15 is 0 Å². The molecule has 9 nitrogen and oxygen atoms in total. The minimum Gasteiger partial charge on any atom is -0.479 e. The van der Waals surface area contributed by atoms with Gasteiger partial charge >= 0.3 is 11.7 Å². The molecule has 9 heteroatoms. The molecule has 1 aliphatic heterocycles. The van der Waals surface area contributed by atoms with Crippen molar-refractivity contribution in [3.63, 3.8) is 0 Å². The molecule has 1 saturated heterocycles. The van der Waals surface area contributed by atoms with Crippen molar-refractivity contribution in [3.8, 4) is 0 Å². The average Bonchev–Trinajstić information content (AvgIpc) is 2.30. The number of nitrogen functional groups attached to an aromatic ring is 1. The molecular formula is C10H13N3O6. The molecule has 5 N–H and O–H groups in total. The molecule has 1 aromatic rings. The Morgan fingerprint density at radius 1 is 1.47 bits per heavy atom. The van der Waals surface area contributed by atoms with Gasteiger partial charge in [-0.2, -0.15) is 4.98 Å². The normalized spacial score (nSPS) is 31.1. The zero-order valence-corrected chi connectivity index (χ0v) is 9.71. The number of anilines is 1. The monoisotopic (exact) mass is 271 g/mol. The second-order valence-electron chi connectivity index (χ2n) is 4.20. The molecule has 1 fully saturated rings. The lowest BCUT2D eigenvalue weighted by atomic mass is 10.0. The van der Waals surface area contributed by atoms with E-state index in [-0.39, 0.29) is 12.2 Å². The molecule has 0 aliphatic carbocycles. The van der Waals surface area contributed by atoms with Gasteiger partial charge in [0, 0.05) is 12.6 Å². The largest absolute Gasteiger partial charge is 0.479 e. The zero-order chi connectivity index (χ0) is 14.2. The number of hydrogen-bond acceptors (Lipinski definition) is 7. The fourth-order valence-corrected chi connectivity index (χ4v) is 1.91. The predicted octanol–water partition coefficient (Wildman–Crippen LogP) is -2.08. The van der Waals surface area contributed by atoms with Crippen molar-refractivity contribution in [2.75, 3.05) is 5.73 Å². The Balaban J connectivity index is 2.32. The number of carbonyl (C=O) groups is 1. The van der Waals surface area contributed by atoms with Gasteiger partial charge in [0.1, 0.15) is 11.9 Å². The van der Waals surface area contributed by atoms with Crippen molar-refractivity contribution in [2.45, 2.75) is 31.0 Å². The van der Waals surface area contributed by atoms with E-state index in [1.807, 2.05) is 0 Å². The van der Waals surface area contributed by atoms with Crippen LogP contribution in [-0.2, 0) is 9.53 Å². The summed E-state index contributed by atoms with van der Waals surface area (Å²) < 4.78 is 6.00. The minimum atomic E-state index is -1.52. The number of nitrogens with zero attached hydrogens (tertiary/aromatic N) is 2. The number of nitrogens with two attached hydrogens (primary N) is 1. The van der Waals surface area contributed by atoms with Crippen LogP contribution < -0.4 is 11.4 Å². The highest BCUT2D eigenvalue weighted by molar-refractivity contribution is 5.73.